The summed E-state index contributed by atoms with van der Waals surface area (Å²) in [7, 11) is 7.05. The van der Waals surface area contributed by atoms with Crippen molar-refractivity contribution in [2.45, 2.75) is 26.1 Å². The van der Waals surface area contributed by atoms with Crippen molar-refractivity contribution in [2.75, 3.05) is 52.3 Å². The van der Waals surface area contributed by atoms with Gasteiger partial charge in [0, 0.05) is 33.6 Å². The molecular formula is C46H48Cl4F4N6O5. The summed E-state index contributed by atoms with van der Waals surface area (Å²) in [6.07, 6.45) is 4.49. The first-order chi connectivity index (χ1) is 29.9. The molecule has 0 aliphatic rings. The zero-order chi connectivity index (χ0) is 46.1. The minimum absolute atomic E-state index is 0. The Morgan fingerprint density at radius 1 is 0.646 bits per heavy atom. The molecule has 6 rings (SSSR count). The number of carbonyl (C=O) groups excluding carboxylic acids is 1. The monoisotopic (exact) mass is 980 g/mol. The molecule has 2 heterocycles. The third-order valence-corrected chi connectivity index (χ3v) is 8.93. The highest BCUT2D eigenvalue weighted by Crippen LogP contribution is 2.35. The van der Waals surface area contributed by atoms with Crippen molar-refractivity contribution in [3.05, 3.63) is 154 Å². The van der Waals surface area contributed by atoms with E-state index in [1.807, 2.05) is 32.3 Å². The molecule has 0 aliphatic heterocycles. The lowest BCUT2D eigenvalue weighted by Crippen LogP contribution is -2.27. The number of ether oxygens (including phenoxy) is 2. The molecule has 0 spiro atoms. The van der Waals surface area contributed by atoms with E-state index in [1.54, 1.807) is 121 Å². The van der Waals surface area contributed by atoms with Gasteiger partial charge in [-0.3, -0.25) is 14.5 Å². The van der Waals surface area contributed by atoms with E-state index in [0.29, 0.717) is 56.8 Å². The van der Waals surface area contributed by atoms with E-state index in [0.717, 1.165) is 22.3 Å². The first kappa shape index (κ1) is 55.5. The topological polar surface area (TPSA) is 143 Å². The number of benzene rings is 4. The van der Waals surface area contributed by atoms with Crippen LogP contribution in [-0.4, -0.2) is 91.3 Å². The van der Waals surface area contributed by atoms with Crippen LogP contribution < -0.4 is 20.5 Å². The third-order valence-electron chi connectivity index (χ3n) is 8.46. The number of hydrogen-bond acceptors (Lipinski definition) is 9. The zero-order valence-corrected chi connectivity index (χ0v) is 38.7. The van der Waals surface area contributed by atoms with E-state index in [2.05, 4.69) is 20.0 Å². The van der Waals surface area contributed by atoms with Gasteiger partial charge in [-0.15, -0.1) is 24.8 Å². The molecule has 0 aliphatic carbocycles. The number of aliphatic carboxylic acids is 1. The molecule has 11 nitrogen and oxygen atoms in total. The summed E-state index contributed by atoms with van der Waals surface area (Å²) >= 11 is 12.1. The molecular weight excluding hydrogens is 934 g/mol. The maximum absolute atomic E-state index is 12.9. The van der Waals surface area contributed by atoms with Crippen LogP contribution in [0.15, 0.2) is 122 Å². The van der Waals surface area contributed by atoms with E-state index in [1.165, 1.54) is 6.07 Å². The van der Waals surface area contributed by atoms with E-state index >= 15 is 0 Å². The molecule has 4 N–H and O–H groups in total. The summed E-state index contributed by atoms with van der Waals surface area (Å²) in [5.41, 5.74) is 11.8. The molecule has 348 valence electrons. The summed E-state index contributed by atoms with van der Waals surface area (Å²) in [5, 5.41) is 11.8. The number of likely N-dealkylation sites (N-methyl/N-ethyl adjacent to an activating group) is 2. The Labute approximate surface area is 397 Å². The second-order valence-electron chi connectivity index (χ2n) is 14.4. The molecule has 6 aromatic rings. The van der Waals surface area contributed by atoms with Crippen LogP contribution in [0, 0.1) is 0 Å². The lowest BCUT2D eigenvalue weighted by atomic mass is 9.99. The molecule has 0 saturated heterocycles. The van der Waals surface area contributed by atoms with Crippen molar-refractivity contribution in [3.8, 4) is 33.8 Å². The van der Waals surface area contributed by atoms with Crippen LogP contribution in [0.5, 0.6) is 11.5 Å². The van der Waals surface area contributed by atoms with Gasteiger partial charge < -0.3 is 30.5 Å². The highest BCUT2D eigenvalue weighted by Gasteiger charge is 2.15. The number of halogens is 8. The van der Waals surface area contributed by atoms with Gasteiger partial charge in [0.15, 0.2) is 0 Å². The Morgan fingerprint density at radius 3 is 1.45 bits per heavy atom. The quantitative estimate of drug-likeness (QED) is 0.0851. The lowest BCUT2D eigenvalue weighted by Gasteiger charge is -2.13. The molecule has 0 atom stereocenters. The SMILES string of the molecule is CN(C)CC(=O)Nc1ccc(Cc2ccc(OC(F)F)c(-c3cccc(Cl)c3)c2)cn1.CN(C)CC(=O)O.Cl.Cl.Nc1ccc(Cc2ccc(OC(F)F)c(-c3cccc(Cl)c3)c2)cn1. The summed E-state index contributed by atoms with van der Waals surface area (Å²) in [5.74, 6) is 0.172. The van der Waals surface area contributed by atoms with Crippen LogP contribution in [0.25, 0.3) is 22.3 Å². The molecule has 0 bridgehead atoms. The molecule has 0 unspecified atom stereocenters. The standard InChI is InChI=1S/C23H22ClF2N3O2.C19H15ClF2N2O.C4H9NO2.2ClH/c1-29(2)14-22(30)28-21-9-7-16(13-27-21)10-15-6-8-20(31-23(25)26)19(11-15)17-4-3-5-18(24)12-17;20-15-3-1-2-14(10-15)16-9-12(4-6-17(16)25-19(21)22)8-13-5-7-18(23)24-11-13;1-5(2)3-4(6)7;;/h3-9,11-13,23H,10,14H2,1-2H3,(H,27,28,30);1-7,9-11,19H,8H2,(H2,23,24);3H2,1-2H3,(H,6,7);2*1H. The average molecular weight is 983 g/mol. The normalized spacial score (nSPS) is 10.5. The minimum Gasteiger partial charge on any atom is -0.480 e. The van der Waals surface area contributed by atoms with Gasteiger partial charge in [-0.1, -0.05) is 71.7 Å². The van der Waals surface area contributed by atoms with E-state index in [4.69, 9.17) is 38.8 Å². The van der Waals surface area contributed by atoms with Crippen LogP contribution >= 0.6 is 48.0 Å². The number of pyridine rings is 2. The molecule has 0 radical (unpaired) electrons. The van der Waals surface area contributed by atoms with E-state index in [9.17, 15) is 27.2 Å². The van der Waals surface area contributed by atoms with Crippen molar-refractivity contribution in [3.63, 3.8) is 0 Å². The molecule has 4 aromatic carbocycles. The van der Waals surface area contributed by atoms with Crippen LogP contribution in [0.3, 0.4) is 0 Å². The Morgan fingerprint density at radius 2 is 1.09 bits per heavy atom. The summed E-state index contributed by atoms with van der Waals surface area (Å²) < 4.78 is 60.5. The van der Waals surface area contributed by atoms with Gasteiger partial charge in [0.2, 0.25) is 5.91 Å². The van der Waals surface area contributed by atoms with Crippen LogP contribution in [0.2, 0.25) is 10.0 Å². The molecule has 19 heteroatoms. The molecule has 0 fully saturated rings. The van der Waals surface area contributed by atoms with Gasteiger partial charge in [-0.05, 0) is 135 Å². The van der Waals surface area contributed by atoms with E-state index in [-0.39, 0.29) is 55.3 Å². The Bertz CT molecular complexity index is 2420. The van der Waals surface area contributed by atoms with Gasteiger partial charge in [0.05, 0.1) is 13.1 Å². The van der Waals surface area contributed by atoms with Gasteiger partial charge in [0.1, 0.15) is 23.1 Å². The van der Waals surface area contributed by atoms with Crippen molar-refractivity contribution in [1.82, 2.24) is 19.8 Å². The Hall–Kier alpha value is -5.68. The highest BCUT2D eigenvalue weighted by molar-refractivity contribution is 6.31. The fourth-order valence-electron chi connectivity index (χ4n) is 5.89. The van der Waals surface area contributed by atoms with Gasteiger partial charge in [-0.25, -0.2) is 9.97 Å². The number of nitrogens with zero attached hydrogens (tertiary/aromatic N) is 4. The number of aromatic nitrogens is 2. The maximum Gasteiger partial charge on any atom is 0.387 e. The molecule has 2 aromatic heterocycles. The number of nitrogens with two attached hydrogens (primary N) is 1. The fraction of sp³-hybridized carbons (Fsp3) is 0.217. The van der Waals surface area contributed by atoms with Crippen molar-refractivity contribution in [1.29, 1.82) is 0 Å². The number of carbonyl (C=O) groups is 2. The number of anilines is 2. The zero-order valence-electron chi connectivity index (χ0n) is 35.6. The van der Waals surface area contributed by atoms with Crippen LogP contribution in [0.1, 0.15) is 22.3 Å². The van der Waals surface area contributed by atoms with Crippen molar-refractivity contribution < 1.29 is 41.7 Å². The average Bonchev–Trinajstić information content (AvgIpc) is 3.20. The van der Waals surface area contributed by atoms with Gasteiger partial charge >= 0.3 is 19.2 Å². The summed E-state index contributed by atoms with van der Waals surface area (Å²) in [6, 6.07) is 31.3. The molecule has 65 heavy (non-hydrogen) atoms. The number of rotatable bonds is 15. The summed E-state index contributed by atoms with van der Waals surface area (Å²) in [4.78, 5) is 33.3. The Kier molecular flexibility index (Phi) is 23.5. The third kappa shape index (κ3) is 19.9. The number of nitrogens with one attached hydrogen (secondary N) is 1. The number of nitrogen functional groups attached to an aromatic ring is 1. The highest BCUT2D eigenvalue weighted by atomic mass is 35.5. The fourth-order valence-corrected chi connectivity index (χ4v) is 6.27. The number of carboxylic acids is 1. The van der Waals surface area contributed by atoms with Gasteiger partial charge in [-0.2, -0.15) is 17.6 Å². The second-order valence-corrected chi connectivity index (χ2v) is 15.2. The smallest absolute Gasteiger partial charge is 0.387 e. The number of alkyl halides is 4. The first-order valence-electron chi connectivity index (χ1n) is 19.1. The Balaban J connectivity index is 0.000000385. The number of amides is 1. The minimum atomic E-state index is -2.93. The van der Waals surface area contributed by atoms with Crippen molar-refractivity contribution >= 4 is 71.5 Å². The first-order valence-corrected chi connectivity index (χ1v) is 19.8. The van der Waals surface area contributed by atoms with E-state index < -0.39 is 19.2 Å². The van der Waals surface area contributed by atoms with Gasteiger partial charge in [0.25, 0.3) is 0 Å². The van der Waals surface area contributed by atoms with Crippen LogP contribution in [-0.2, 0) is 22.4 Å². The predicted octanol–water partition coefficient (Wildman–Crippen LogP) is 10.7. The largest absolute Gasteiger partial charge is 0.480 e. The number of carboxylic acid groups (broad SMARTS) is 1. The predicted molar refractivity (Wildman–Crippen MR) is 253 cm³/mol. The van der Waals surface area contributed by atoms with Crippen LogP contribution in [0.4, 0.5) is 29.2 Å². The maximum atomic E-state index is 12.9. The summed E-state index contributed by atoms with van der Waals surface area (Å²) in [6.45, 7) is -5.45. The molecule has 1 amide bonds. The molecule has 0 saturated carbocycles. The van der Waals surface area contributed by atoms with Crippen molar-refractivity contribution in [2.24, 2.45) is 0 Å². The second kappa shape index (κ2) is 27.6. The lowest BCUT2D eigenvalue weighted by molar-refractivity contribution is -0.137. The number of hydrogen-bond donors (Lipinski definition) is 3.